The van der Waals surface area contributed by atoms with Crippen LogP contribution in [0.4, 0.5) is 5.69 Å². The molecule has 0 saturated carbocycles. The average molecular weight is 479 g/mol. The third-order valence-electron chi connectivity index (χ3n) is 5.12. The zero-order valence-electron chi connectivity index (χ0n) is 17.8. The number of phenols is 2. The molecular weight excluding hydrogens is 456 g/mol. The maximum Gasteiger partial charge on any atom is 0.262 e. The third-order valence-corrected chi connectivity index (χ3v) is 6.72. The van der Waals surface area contributed by atoms with Crippen LogP contribution in [0.1, 0.15) is 31.2 Å². The first-order valence-corrected chi connectivity index (χ1v) is 12.0. The fraction of sp³-hybridized carbons (Fsp3) is 0.120. The van der Waals surface area contributed by atoms with Crippen molar-refractivity contribution in [3.8, 4) is 11.5 Å². The topological polar surface area (TPSA) is 81.1 Å². The first kappa shape index (κ1) is 22.6. The molecule has 0 spiro atoms. The van der Waals surface area contributed by atoms with Gasteiger partial charge in [0.2, 0.25) is 0 Å². The summed E-state index contributed by atoms with van der Waals surface area (Å²) in [5.74, 6) is -0.935. The van der Waals surface area contributed by atoms with Crippen molar-refractivity contribution in [1.82, 2.24) is 4.90 Å². The summed E-state index contributed by atoms with van der Waals surface area (Å²) in [6.07, 6.45) is 0. The Morgan fingerprint density at radius 1 is 0.909 bits per heavy atom. The predicted octanol–water partition coefficient (Wildman–Crippen LogP) is 5.34. The summed E-state index contributed by atoms with van der Waals surface area (Å²) in [5.41, 5.74) is 2.14. The molecule has 2 N–H and O–H groups in total. The van der Waals surface area contributed by atoms with Crippen molar-refractivity contribution in [2.45, 2.75) is 13.1 Å². The number of benzene rings is 2. The molecule has 8 heteroatoms. The largest absolute Gasteiger partial charge is 0.508 e. The highest BCUT2D eigenvalue weighted by Gasteiger charge is 2.22. The van der Waals surface area contributed by atoms with E-state index in [0.29, 0.717) is 24.3 Å². The van der Waals surface area contributed by atoms with Crippen LogP contribution < -0.4 is 4.90 Å². The normalized spacial score (nSPS) is 10.7. The Bertz CT molecular complexity index is 1240. The molecule has 0 aliphatic rings. The molecule has 4 rings (SSSR count). The second-order valence-corrected chi connectivity index (χ2v) is 9.32. The van der Waals surface area contributed by atoms with E-state index in [1.165, 1.54) is 28.4 Å². The minimum absolute atomic E-state index is 0.0823. The highest BCUT2D eigenvalue weighted by atomic mass is 32.1. The van der Waals surface area contributed by atoms with Gasteiger partial charge in [0.1, 0.15) is 11.5 Å². The number of carbonyl (C=O) groups excluding carboxylic acids is 2. The molecule has 33 heavy (non-hydrogen) atoms. The SMILES string of the molecule is CN(Cc1cccs1)C(=O)c1ccc(N(Cc2ccsc2)C(=O)c2ccc(O)cc2O)cc1. The lowest BCUT2D eigenvalue weighted by Crippen LogP contribution is -2.30. The van der Waals surface area contributed by atoms with Gasteiger partial charge in [-0.2, -0.15) is 11.3 Å². The van der Waals surface area contributed by atoms with E-state index in [0.717, 1.165) is 16.5 Å². The molecule has 2 heterocycles. The van der Waals surface area contributed by atoms with Gasteiger partial charge in [0.25, 0.3) is 11.8 Å². The Balaban J connectivity index is 1.59. The molecule has 4 aromatic rings. The van der Waals surface area contributed by atoms with Crippen LogP contribution in [0.3, 0.4) is 0 Å². The van der Waals surface area contributed by atoms with Gasteiger partial charge in [-0.25, -0.2) is 0 Å². The second-order valence-electron chi connectivity index (χ2n) is 7.51. The molecule has 0 atom stereocenters. The van der Waals surface area contributed by atoms with E-state index in [9.17, 15) is 19.8 Å². The second kappa shape index (κ2) is 9.89. The van der Waals surface area contributed by atoms with Crippen LogP contribution in [0.5, 0.6) is 11.5 Å². The molecular formula is C25H22N2O4S2. The summed E-state index contributed by atoms with van der Waals surface area (Å²) in [4.78, 5) is 30.5. The number of amides is 2. The standard InChI is InChI=1S/C25H22N2O4S2/c1-26(15-21-3-2-11-33-21)24(30)18-4-6-19(7-5-18)27(14-17-10-12-32-16-17)25(31)22-9-8-20(28)13-23(22)29/h2-13,16,28-29H,14-15H2,1H3. The fourth-order valence-corrected chi connectivity index (χ4v) is 4.82. The number of nitrogens with zero attached hydrogens (tertiary/aromatic N) is 2. The van der Waals surface area contributed by atoms with E-state index in [1.54, 1.807) is 47.5 Å². The van der Waals surface area contributed by atoms with Crippen molar-refractivity contribution in [1.29, 1.82) is 0 Å². The molecule has 0 aliphatic heterocycles. The van der Waals surface area contributed by atoms with Crippen LogP contribution in [-0.2, 0) is 13.1 Å². The third kappa shape index (κ3) is 5.24. The molecule has 2 amide bonds. The van der Waals surface area contributed by atoms with E-state index in [1.807, 2.05) is 34.3 Å². The summed E-state index contributed by atoms with van der Waals surface area (Å²) in [6, 6.07) is 16.6. The van der Waals surface area contributed by atoms with Crippen LogP contribution in [0.15, 0.2) is 76.8 Å². The molecule has 6 nitrogen and oxygen atoms in total. The molecule has 0 aliphatic carbocycles. The summed E-state index contributed by atoms with van der Waals surface area (Å²) < 4.78 is 0. The van der Waals surface area contributed by atoms with Gasteiger partial charge in [0.15, 0.2) is 0 Å². The lowest BCUT2D eigenvalue weighted by Gasteiger charge is -2.24. The van der Waals surface area contributed by atoms with E-state index in [2.05, 4.69) is 0 Å². The summed E-state index contributed by atoms with van der Waals surface area (Å²) in [6.45, 7) is 0.829. The number of aromatic hydroxyl groups is 2. The van der Waals surface area contributed by atoms with E-state index in [4.69, 9.17) is 0 Å². The zero-order valence-corrected chi connectivity index (χ0v) is 19.5. The monoisotopic (exact) mass is 478 g/mol. The highest BCUT2D eigenvalue weighted by Crippen LogP contribution is 2.28. The Labute approximate surface area is 199 Å². The molecule has 168 valence electrons. The summed E-state index contributed by atoms with van der Waals surface area (Å²) in [7, 11) is 1.76. The van der Waals surface area contributed by atoms with Crippen molar-refractivity contribution < 1.29 is 19.8 Å². The predicted molar refractivity (Wildman–Crippen MR) is 131 cm³/mol. The van der Waals surface area contributed by atoms with Crippen molar-refractivity contribution in [2.24, 2.45) is 0 Å². The number of thiophene rings is 2. The quantitative estimate of drug-likeness (QED) is 0.376. The maximum atomic E-state index is 13.3. The lowest BCUT2D eigenvalue weighted by molar-refractivity contribution is 0.0786. The minimum atomic E-state index is -0.410. The first-order valence-electron chi connectivity index (χ1n) is 10.1. The molecule has 2 aromatic carbocycles. The Morgan fingerprint density at radius 2 is 1.70 bits per heavy atom. The smallest absolute Gasteiger partial charge is 0.262 e. The van der Waals surface area contributed by atoms with Gasteiger partial charge in [0, 0.05) is 29.2 Å². The molecule has 0 bridgehead atoms. The fourth-order valence-electron chi connectivity index (χ4n) is 3.40. The molecule has 0 saturated heterocycles. The van der Waals surface area contributed by atoms with E-state index >= 15 is 0 Å². The Morgan fingerprint density at radius 3 is 2.33 bits per heavy atom. The number of phenolic OH excluding ortho intramolecular Hbond substituents is 2. The number of hydrogen-bond donors (Lipinski definition) is 2. The van der Waals surface area contributed by atoms with Crippen molar-refractivity contribution in [2.75, 3.05) is 11.9 Å². The van der Waals surface area contributed by atoms with Crippen LogP contribution in [0.2, 0.25) is 0 Å². The zero-order chi connectivity index (χ0) is 23.4. The summed E-state index contributed by atoms with van der Waals surface area (Å²) in [5, 5.41) is 25.6. The van der Waals surface area contributed by atoms with Crippen LogP contribution in [0, 0.1) is 0 Å². The van der Waals surface area contributed by atoms with Gasteiger partial charge in [-0.15, -0.1) is 11.3 Å². The molecule has 0 fully saturated rings. The number of rotatable bonds is 7. The van der Waals surface area contributed by atoms with E-state index in [-0.39, 0.29) is 23.0 Å². The molecule has 0 radical (unpaired) electrons. The minimum Gasteiger partial charge on any atom is -0.508 e. The van der Waals surface area contributed by atoms with Gasteiger partial charge >= 0.3 is 0 Å². The van der Waals surface area contributed by atoms with Gasteiger partial charge in [0.05, 0.1) is 18.7 Å². The summed E-state index contributed by atoms with van der Waals surface area (Å²) >= 11 is 3.13. The van der Waals surface area contributed by atoms with E-state index < -0.39 is 5.91 Å². The highest BCUT2D eigenvalue weighted by molar-refractivity contribution is 7.09. The van der Waals surface area contributed by atoms with Gasteiger partial charge in [-0.3, -0.25) is 9.59 Å². The van der Waals surface area contributed by atoms with Crippen molar-refractivity contribution >= 4 is 40.2 Å². The molecule has 2 aromatic heterocycles. The van der Waals surface area contributed by atoms with Gasteiger partial charge in [-0.05, 0) is 70.2 Å². The van der Waals surface area contributed by atoms with Gasteiger partial charge < -0.3 is 20.0 Å². The van der Waals surface area contributed by atoms with Crippen LogP contribution >= 0.6 is 22.7 Å². The Kier molecular flexibility index (Phi) is 6.76. The van der Waals surface area contributed by atoms with Crippen molar-refractivity contribution in [3.05, 3.63) is 98.4 Å². The Hall–Kier alpha value is -3.62. The van der Waals surface area contributed by atoms with Crippen LogP contribution in [0.25, 0.3) is 0 Å². The first-order chi connectivity index (χ1) is 15.9. The average Bonchev–Trinajstić information content (AvgIpc) is 3.51. The van der Waals surface area contributed by atoms with Crippen molar-refractivity contribution in [3.63, 3.8) is 0 Å². The van der Waals surface area contributed by atoms with Gasteiger partial charge in [-0.1, -0.05) is 6.07 Å². The maximum absolute atomic E-state index is 13.3. The number of anilines is 1. The van der Waals surface area contributed by atoms with Crippen LogP contribution in [-0.4, -0.2) is 34.0 Å². The number of hydrogen-bond acceptors (Lipinski definition) is 6. The lowest BCUT2D eigenvalue weighted by atomic mass is 10.1. The number of carbonyl (C=O) groups is 2. The molecule has 0 unspecified atom stereocenters.